The Balaban J connectivity index is 1.92. The predicted octanol–water partition coefficient (Wildman–Crippen LogP) is 4.12. The summed E-state index contributed by atoms with van der Waals surface area (Å²) in [6.45, 7) is 2.12. The number of fused-ring (bicyclic) bond motifs is 1. The van der Waals surface area contributed by atoms with Crippen molar-refractivity contribution in [3.63, 3.8) is 0 Å². The molecule has 2 aromatic carbocycles. The van der Waals surface area contributed by atoms with Crippen molar-refractivity contribution in [2.75, 3.05) is 30.4 Å². The molecule has 1 aliphatic rings. The number of carbonyl (C=O) groups excluding carboxylic acids is 2. The highest BCUT2D eigenvalue weighted by Gasteiger charge is 2.29. The van der Waals surface area contributed by atoms with E-state index in [1.165, 1.54) is 18.2 Å². The first-order valence-corrected chi connectivity index (χ1v) is 9.72. The average molecular weight is 421 g/mol. The third-order valence-corrected chi connectivity index (χ3v) is 4.96. The van der Waals surface area contributed by atoms with E-state index in [1.807, 2.05) is 0 Å². The summed E-state index contributed by atoms with van der Waals surface area (Å²) in [5.74, 6) is -1.25. The molecule has 6 nitrogen and oxygen atoms in total. The predicted molar refractivity (Wildman–Crippen MR) is 109 cm³/mol. The summed E-state index contributed by atoms with van der Waals surface area (Å²) in [6.07, 6.45) is 0.585. The van der Waals surface area contributed by atoms with E-state index in [9.17, 15) is 14.0 Å². The van der Waals surface area contributed by atoms with Crippen molar-refractivity contribution in [3.05, 3.63) is 58.4 Å². The third-order valence-electron chi connectivity index (χ3n) is 4.65. The number of hydrogen-bond donors (Lipinski definition) is 1. The van der Waals surface area contributed by atoms with Gasteiger partial charge in [-0.05, 0) is 56.2 Å². The largest absolute Gasteiger partial charge is 0.464 e. The normalized spacial score (nSPS) is 16.1. The molecule has 0 aliphatic carbocycles. The first kappa shape index (κ1) is 21.1. The van der Waals surface area contributed by atoms with Crippen molar-refractivity contribution in [3.8, 4) is 0 Å². The summed E-state index contributed by atoms with van der Waals surface area (Å²) in [5, 5.41) is 0.248. The molecule has 0 fully saturated rings. The SMILES string of the molecule is CCOC(=O)COC1CCCN(C(=O)c2ccc(N)cc2Cl)c2ccc(F)cc21. The molecule has 29 heavy (non-hydrogen) atoms. The zero-order valence-electron chi connectivity index (χ0n) is 16.0. The minimum absolute atomic E-state index is 0.244. The van der Waals surface area contributed by atoms with E-state index in [0.717, 1.165) is 0 Å². The Morgan fingerprint density at radius 2 is 2.07 bits per heavy atom. The van der Waals surface area contributed by atoms with Gasteiger partial charge in [0, 0.05) is 23.5 Å². The molecule has 2 aromatic rings. The molecule has 1 heterocycles. The molecule has 8 heteroatoms. The minimum Gasteiger partial charge on any atom is -0.464 e. The lowest BCUT2D eigenvalue weighted by molar-refractivity contribution is -0.150. The average Bonchev–Trinajstić information content (AvgIpc) is 2.85. The van der Waals surface area contributed by atoms with E-state index in [1.54, 1.807) is 30.0 Å². The fourth-order valence-corrected chi connectivity index (χ4v) is 3.62. The van der Waals surface area contributed by atoms with Gasteiger partial charge in [0.15, 0.2) is 0 Å². The first-order chi connectivity index (χ1) is 13.9. The van der Waals surface area contributed by atoms with Gasteiger partial charge in [-0.1, -0.05) is 11.6 Å². The number of halogens is 2. The number of nitrogens with two attached hydrogens (primary N) is 1. The molecule has 154 valence electrons. The van der Waals surface area contributed by atoms with Gasteiger partial charge in [-0.15, -0.1) is 0 Å². The molecule has 1 atom stereocenters. The maximum absolute atomic E-state index is 14.0. The summed E-state index contributed by atoms with van der Waals surface area (Å²) in [5.41, 5.74) is 7.51. The smallest absolute Gasteiger partial charge is 0.332 e. The van der Waals surface area contributed by atoms with Crippen LogP contribution in [0.3, 0.4) is 0 Å². The van der Waals surface area contributed by atoms with Crippen molar-refractivity contribution in [2.45, 2.75) is 25.9 Å². The number of amides is 1. The van der Waals surface area contributed by atoms with Crippen molar-refractivity contribution in [1.82, 2.24) is 0 Å². The Labute approximate surface area is 173 Å². The maximum atomic E-state index is 14.0. The topological polar surface area (TPSA) is 81.9 Å². The highest BCUT2D eigenvalue weighted by atomic mass is 35.5. The maximum Gasteiger partial charge on any atom is 0.332 e. The molecule has 0 aromatic heterocycles. The van der Waals surface area contributed by atoms with Gasteiger partial charge in [-0.25, -0.2) is 9.18 Å². The Kier molecular flexibility index (Phi) is 6.71. The summed E-state index contributed by atoms with van der Waals surface area (Å²) < 4.78 is 24.6. The fourth-order valence-electron chi connectivity index (χ4n) is 3.35. The van der Waals surface area contributed by atoms with Gasteiger partial charge in [0.05, 0.1) is 23.3 Å². The summed E-state index contributed by atoms with van der Waals surface area (Å²) in [7, 11) is 0. The zero-order valence-corrected chi connectivity index (χ0v) is 16.7. The van der Waals surface area contributed by atoms with Crippen LogP contribution in [0.15, 0.2) is 36.4 Å². The number of rotatable bonds is 5. The molecule has 1 unspecified atom stereocenters. The molecule has 0 spiro atoms. The molecule has 0 saturated heterocycles. The van der Waals surface area contributed by atoms with Crippen LogP contribution in [-0.4, -0.2) is 31.6 Å². The molecular weight excluding hydrogens is 399 g/mol. The van der Waals surface area contributed by atoms with Crippen LogP contribution < -0.4 is 10.6 Å². The molecule has 1 aliphatic heterocycles. The lowest BCUT2D eigenvalue weighted by Crippen LogP contribution is -2.32. The Bertz CT molecular complexity index is 922. The number of nitrogen functional groups attached to an aromatic ring is 1. The third kappa shape index (κ3) is 4.86. The van der Waals surface area contributed by atoms with E-state index in [-0.39, 0.29) is 24.1 Å². The van der Waals surface area contributed by atoms with Gasteiger partial charge < -0.3 is 20.1 Å². The lowest BCUT2D eigenvalue weighted by atomic mass is 10.0. The van der Waals surface area contributed by atoms with Crippen LogP contribution in [0.1, 0.15) is 41.8 Å². The summed E-state index contributed by atoms with van der Waals surface area (Å²) in [4.78, 5) is 26.4. The molecule has 2 N–H and O–H groups in total. The Morgan fingerprint density at radius 1 is 1.28 bits per heavy atom. The molecule has 0 bridgehead atoms. The highest BCUT2D eigenvalue weighted by Crippen LogP contribution is 2.37. The zero-order chi connectivity index (χ0) is 21.0. The second-order valence-corrected chi connectivity index (χ2v) is 7.05. The molecule has 0 saturated carbocycles. The fraction of sp³-hybridized carbons (Fsp3) is 0.333. The van der Waals surface area contributed by atoms with Crippen molar-refractivity contribution < 1.29 is 23.5 Å². The number of hydrogen-bond acceptors (Lipinski definition) is 5. The second kappa shape index (κ2) is 9.24. The van der Waals surface area contributed by atoms with E-state index in [0.29, 0.717) is 41.9 Å². The Hall–Kier alpha value is -2.64. The summed E-state index contributed by atoms with van der Waals surface area (Å²) >= 11 is 6.22. The van der Waals surface area contributed by atoms with Gasteiger partial charge >= 0.3 is 5.97 Å². The van der Waals surface area contributed by atoms with Crippen LogP contribution in [0.4, 0.5) is 15.8 Å². The van der Waals surface area contributed by atoms with Crippen molar-refractivity contribution >= 4 is 34.9 Å². The lowest BCUT2D eigenvalue weighted by Gasteiger charge is -2.24. The van der Waals surface area contributed by atoms with Crippen LogP contribution in [-0.2, 0) is 14.3 Å². The number of anilines is 2. The van der Waals surface area contributed by atoms with Gasteiger partial charge in [0.25, 0.3) is 5.91 Å². The van der Waals surface area contributed by atoms with Crippen LogP contribution >= 0.6 is 11.6 Å². The second-order valence-electron chi connectivity index (χ2n) is 6.65. The van der Waals surface area contributed by atoms with Crippen LogP contribution in [0.5, 0.6) is 0 Å². The Morgan fingerprint density at radius 3 is 2.79 bits per heavy atom. The van der Waals surface area contributed by atoms with E-state index in [2.05, 4.69) is 0 Å². The van der Waals surface area contributed by atoms with E-state index < -0.39 is 17.9 Å². The number of benzene rings is 2. The quantitative estimate of drug-likeness (QED) is 0.581. The summed E-state index contributed by atoms with van der Waals surface area (Å²) in [6, 6.07) is 8.86. The van der Waals surface area contributed by atoms with Crippen LogP contribution in [0.25, 0.3) is 0 Å². The molecule has 1 amide bonds. The number of ether oxygens (including phenoxy) is 2. The molecular formula is C21H22ClFN2O4. The van der Waals surface area contributed by atoms with Gasteiger partial charge in [0.1, 0.15) is 12.4 Å². The van der Waals surface area contributed by atoms with Crippen molar-refractivity contribution in [2.24, 2.45) is 0 Å². The highest BCUT2D eigenvalue weighted by molar-refractivity contribution is 6.34. The molecule has 0 radical (unpaired) electrons. The van der Waals surface area contributed by atoms with E-state index >= 15 is 0 Å². The van der Waals surface area contributed by atoms with Crippen molar-refractivity contribution in [1.29, 1.82) is 0 Å². The molecule has 3 rings (SSSR count). The van der Waals surface area contributed by atoms with Crippen LogP contribution in [0, 0.1) is 5.82 Å². The van der Waals surface area contributed by atoms with Gasteiger partial charge in [-0.3, -0.25) is 4.79 Å². The van der Waals surface area contributed by atoms with Gasteiger partial charge in [-0.2, -0.15) is 0 Å². The number of esters is 1. The van der Waals surface area contributed by atoms with Crippen LogP contribution in [0.2, 0.25) is 5.02 Å². The number of carbonyl (C=O) groups is 2. The standard InChI is InChI=1S/C21H22ClFN2O4/c1-2-28-20(26)12-29-19-4-3-9-25(18-8-5-13(23)10-16(18)19)21(27)15-7-6-14(24)11-17(15)22/h5-8,10-11,19H,2-4,9,12,24H2,1H3. The van der Waals surface area contributed by atoms with Gasteiger partial charge in [0.2, 0.25) is 0 Å². The minimum atomic E-state index is -0.537. The monoisotopic (exact) mass is 420 g/mol. The first-order valence-electron chi connectivity index (χ1n) is 9.34. The number of nitrogens with zero attached hydrogens (tertiary/aromatic N) is 1. The van der Waals surface area contributed by atoms with E-state index in [4.69, 9.17) is 26.8 Å².